The first-order valence-electron chi connectivity index (χ1n) is 0.478. The van der Waals surface area contributed by atoms with E-state index in [0.29, 0.717) is 0 Å². The third-order valence-corrected chi connectivity index (χ3v) is 0. The Morgan fingerprint density at radius 2 is 1.40 bits per heavy atom. The summed E-state index contributed by atoms with van der Waals surface area (Å²) in [5, 5.41) is 0. The van der Waals surface area contributed by atoms with Crippen LogP contribution in [0.25, 0.3) is 0 Å². The molecular weight excluding hydrogens is 260 g/mol. The molecule has 0 unspecified atom stereocenters. The second-order valence-electron chi connectivity index (χ2n) is 0.201. The van der Waals surface area contributed by atoms with Crippen molar-refractivity contribution in [3.63, 3.8) is 0 Å². The maximum atomic E-state index is 8.68. The number of rotatable bonds is 0. The number of halogens is 1. The van der Waals surface area contributed by atoms with Gasteiger partial charge in [0.2, 0.25) is 0 Å². The molecule has 1 N–H and O–H groups in total. The van der Waals surface area contributed by atoms with Crippen molar-refractivity contribution < 1.29 is 31.4 Å². The Morgan fingerprint density at radius 3 is 1.40 bits per heavy atom. The Labute approximate surface area is 87.2 Å². The molecule has 0 radical (unpaired) electrons. The van der Waals surface area contributed by atoms with Gasteiger partial charge in [-0.15, -0.1) is 0 Å². The molecule has 3 nitrogen and oxygen atoms in total. The topological polar surface area (TPSA) is 66.3 Å². The van der Waals surface area contributed by atoms with Crippen LogP contribution in [0.2, 0.25) is 0 Å². The van der Waals surface area contributed by atoms with E-state index in [1.165, 1.54) is 0 Å². The molecule has 0 spiro atoms. The predicted octanol–water partition coefficient (Wildman–Crippen LogP) is -6.58. The van der Waals surface area contributed by atoms with Gasteiger partial charge in [0.05, 0.1) is 0 Å². The van der Waals surface area contributed by atoms with Crippen LogP contribution in [-0.4, -0.2) is 61.6 Å². The summed E-state index contributed by atoms with van der Waals surface area (Å²) in [7, 11) is 0. The number of hydrogen-bond donors (Lipinski definition) is 1. The Hall–Kier alpha value is 2.42. The average Bonchev–Trinajstić information content (AvgIpc) is 0.811. The molecule has 5 heteroatoms. The van der Waals surface area contributed by atoms with Gasteiger partial charge in [0.15, 0.2) is 0 Å². The molecule has 0 aromatic heterocycles. The van der Waals surface area contributed by atoms with E-state index in [2.05, 4.69) is 0 Å². The van der Waals surface area contributed by atoms with Crippen LogP contribution < -0.4 is 27.9 Å². The first-order chi connectivity index (χ1) is 1.73. The summed E-state index contributed by atoms with van der Waals surface area (Å²) < 4.78 is 24.5. The van der Waals surface area contributed by atoms with Gasteiger partial charge in [-0.3, -0.25) is 0 Å². The molecule has 0 aromatic carbocycles. The fourth-order valence-electron chi connectivity index (χ4n) is 0. The molecule has 0 saturated heterocycles. The van der Waals surface area contributed by atoms with Gasteiger partial charge >= 0.3 is 79.3 Å². The summed E-state index contributed by atoms with van der Waals surface area (Å²) in [6, 6.07) is 0. The molecule has 0 heterocycles. The van der Waals surface area contributed by atoms with Gasteiger partial charge in [-0.25, -0.2) is 0 Å². The molecule has 0 bridgehead atoms. The molecule has 0 aliphatic carbocycles. The van der Waals surface area contributed by atoms with Gasteiger partial charge in [0.1, 0.15) is 0 Å². The second kappa shape index (κ2) is 6.42. The summed E-state index contributed by atoms with van der Waals surface area (Å²) >= 11 is -3.76. The minimum atomic E-state index is -3.76. The molecule has 0 rings (SSSR count). The molecule has 0 aliphatic rings. The third-order valence-electron chi connectivity index (χ3n) is 0. The van der Waals surface area contributed by atoms with E-state index in [1.807, 2.05) is 0 Å². The Balaban J connectivity index is 0. The van der Waals surface area contributed by atoms with E-state index in [9.17, 15) is 0 Å². The monoisotopic (exact) mass is 262 g/mol. The first kappa shape index (κ1) is 10.4. The Bertz CT molecular complexity index is 11.6. The second-order valence-corrected chi connectivity index (χ2v) is 1.35. The Morgan fingerprint density at radius 1 is 1.40 bits per heavy atom. The van der Waals surface area contributed by atoms with E-state index < -0.39 is 21.1 Å². The van der Waals surface area contributed by atoms with Crippen LogP contribution >= 0.6 is 0 Å². The van der Waals surface area contributed by atoms with E-state index in [0.717, 1.165) is 0 Å². The van der Waals surface area contributed by atoms with Gasteiger partial charge in [0, 0.05) is 0 Å². The van der Waals surface area contributed by atoms with Crippen LogP contribution in [0.3, 0.4) is 0 Å². The number of hydrogen-bond acceptors (Lipinski definition) is 3. The molecular formula is H2IO3Rb. The van der Waals surface area contributed by atoms with Crippen molar-refractivity contribution in [1.82, 2.24) is 0 Å². The molecule has 0 amide bonds. The standard InChI is InChI=1S/HIO3.Rb.H/c2-1(3)4;;/h2H;;. The van der Waals surface area contributed by atoms with Gasteiger partial charge in [-0.05, 0) is 3.44 Å². The average molecular weight is 262 g/mol. The molecule has 28 valence electrons. The molecule has 0 saturated carbocycles. The predicted molar refractivity (Wildman–Crippen MR) is 9.37 cm³/mol. The summed E-state index contributed by atoms with van der Waals surface area (Å²) in [4.78, 5) is 0. The van der Waals surface area contributed by atoms with Crippen molar-refractivity contribution in [2.75, 3.05) is 0 Å². The van der Waals surface area contributed by atoms with Crippen molar-refractivity contribution in [3.8, 4) is 0 Å². The van der Waals surface area contributed by atoms with E-state index in [1.54, 1.807) is 0 Å². The van der Waals surface area contributed by atoms with Crippen molar-refractivity contribution in [2.45, 2.75) is 0 Å². The molecule has 5 heavy (non-hydrogen) atoms. The maximum absolute atomic E-state index is 8.68. The zero-order chi connectivity index (χ0) is 3.58. The summed E-state index contributed by atoms with van der Waals surface area (Å²) in [5.41, 5.74) is 0. The fourth-order valence-corrected chi connectivity index (χ4v) is 0. The first-order valence-corrected chi connectivity index (χ1v) is 3.20. The Kier molecular flexibility index (Phi) is 13.4. The van der Waals surface area contributed by atoms with Crippen molar-refractivity contribution in [3.05, 3.63) is 0 Å². The normalized spacial score (nSPS) is 7.20. The van der Waals surface area contributed by atoms with Crippen LogP contribution in [0.15, 0.2) is 0 Å². The summed E-state index contributed by atoms with van der Waals surface area (Å²) in [5.74, 6) is 0. The SMILES string of the molecule is [O-][I+2]([O-])O.[RbH]. The van der Waals surface area contributed by atoms with E-state index in [-0.39, 0.29) is 58.2 Å². The van der Waals surface area contributed by atoms with Crippen LogP contribution in [0.4, 0.5) is 0 Å². The van der Waals surface area contributed by atoms with Crippen LogP contribution in [0, 0.1) is 0 Å². The van der Waals surface area contributed by atoms with Crippen LogP contribution in [0.1, 0.15) is 0 Å². The summed E-state index contributed by atoms with van der Waals surface area (Å²) in [6.07, 6.45) is 0. The van der Waals surface area contributed by atoms with Gasteiger partial charge in [-0.1, -0.05) is 0 Å². The van der Waals surface area contributed by atoms with Crippen molar-refractivity contribution in [2.24, 2.45) is 0 Å². The zero-order valence-corrected chi connectivity index (χ0v) is 3.80. The third kappa shape index (κ3) is 21.4. The molecule has 0 aromatic rings. The van der Waals surface area contributed by atoms with Gasteiger partial charge < -0.3 is 6.87 Å². The molecule has 0 aliphatic heterocycles. The van der Waals surface area contributed by atoms with Crippen molar-refractivity contribution >= 4 is 58.2 Å². The summed E-state index contributed by atoms with van der Waals surface area (Å²) in [6.45, 7) is 0. The van der Waals surface area contributed by atoms with E-state index >= 15 is 0 Å². The van der Waals surface area contributed by atoms with E-state index in [4.69, 9.17) is 10.3 Å². The molecule has 0 fully saturated rings. The minimum absolute atomic E-state index is 0. The molecule has 0 atom stereocenters. The van der Waals surface area contributed by atoms with Crippen molar-refractivity contribution in [1.29, 1.82) is 0 Å². The van der Waals surface area contributed by atoms with Crippen LogP contribution in [0.5, 0.6) is 0 Å². The van der Waals surface area contributed by atoms with Gasteiger partial charge in [0.25, 0.3) is 0 Å². The quantitative estimate of drug-likeness (QED) is 0.442. The van der Waals surface area contributed by atoms with Crippen LogP contribution in [-0.2, 0) is 0 Å². The fraction of sp³-hybridized carbons (Fsp3) is 0. The van der Waals surface area contributed by atoms with Gasteiger partial charge in [-0.2, -0.15) is 0 Å². The zero-order valence-electron chi connectivity index (χ0n) is 1.64.